The van der Waals surface area contributed by atoms with Gasteiger partial charge in [-0.15, -0.1) is 0 Å². The molecular weight excluding hydrogens is 338 g/mol. The average molecular weight is 374 g/mol. The Morgan fingerprint density at radius 3 is 2.12 bits per heavy atom. The van der Waals surface area contributed by atoms with Gasteiger partial charge in [0.1, 0.15) is 6.61 Å². The van der Waals surface area contributed by atoms with Gasteiger partial charge < -0.3 is 19.2 Å². The third-order valence-corrected chi connectivity index (χ3v) is 6.29. The van der Waals surface area contributed by atoms with Crippen molar-refractivity contribution in [1.82, 2.24) is 4.90 Å². The maximum Gasteiger partial charge on any atom is 0.407 e. The average Bonchev–Trinajstić information content (AvgIpc) is 2.86. The Bertz CT molecular complexity index is 493. The highest BCUT2D eigenvalue weighted by atomic mass is 28.2. The van der Waals surface area contributed by atoms with Crippen LogP contribution < -0.4 is 0 Å². The topological polar surface area (TPSA) is 76.1 Å². The Kier molecular flexibility index (Phi) is 6.73. The molecule has 1 aliphatic rings. The Morgan fingerprint density at radius 1 is 1.12 bits per heavy atom. The van der Waals surface area contributed by atoms with Crippen molar-refractivity contribution in [1.29, 1.82) is 0 Å². The molecule has 1 N–H and O–H groups in total. The fourth-order valence-corrected chi connectivity index (χ4v) is 3.76. The van der Waals surface area contributed by atoms with Crippen LogP contribution in [0.15, 0.2) is 0 Å². The zero-order valence-corrected chi connectivity index (χ0v) is 18.4. The summed E-state index contributed by atoms with van der Waals surface area (Å²) in [5.41, 5.74) is -0.970. The summed E-state index contributed by atoms with van der Waals surface area (Å²) >= 11 is 0. The third-order valence-electron chi connectivity index (χ3n) is 4.54. The summed E-state index contributed by atoms with van der Waals surface area (Å²) in [5.74, 6) is -0.214. The molecule has 0 aromatic heterocycles. The molecule has 1 amide bonds. The van der Waals surface area contributed by atoms with Crippen molar-refractivity contribution in [2.45, 2.75) is 78.5 Å². The van der Waals surface area contributed by atoms with E-state index in [-0.39, 0.29) is 35.2 Å². The molecule has 1 rings (SSSR count). The second-order valence-electron chi connectivity index (χ2n) is 9.82. The SMILES string of the molecule is CC(C)(C)[SiH2]OC(C)(C)C1C[C@@H](COC(=O)C(C)(C)C)N(C(=O)O)C1. The molecule has 0 aliphatic carbocycles. The number of carbonyl (C=O) groups is 2. The second-order valence-corrected chi connectivity index (χ2v) is 12.5. The van der Waals surface area contributed by atoms with Crippen molar-refractivity contribution < 1.29 is 23.9 Å². The van der Waals surface area contributed by atoms with Gasteiger partial charge in [0.05, 0.1) is 17.1 Å². The molecule has 0 aromatic rings. The molecule has 6 nitrogen and oxygen atoms in total. The van der Waals surface area contributed by atoms with Crippen LogP contribution in [-0.4, -0.2) is 56.6 Å². The van der Waals surface area contributed by atoms with E-state index in [2.05, 4.69) is 20.8 Å². The molecule has 0 radical (unpaired) electrons. The fraction of sp³-hybridized carbons (Fsp3) is 0.889. The van der Waals surface area contributed by atoms with Crippen molar-refractivity contribution in [3.05, 3.63) is 0 Å². The molecule has 7 heteroatoms. The van der Waals surface area contributed by atoms with Gasteiger partial charge in [0.2, 0.25) is 0 Å². The van der Waals surface area contributed by atoms with Crippen LogP contribution in [0.2, 0.25) is 5.04 Å². The normalized spacial score (nSPS) is 22.6. The van der Waals surface area contributed by atoms with Gasteiger partial charge in [-0.05, 0) is 46.1 Å². The van der Waals surface area contributed by atoms with Gasteiger partial charge in [0.25, 0.3) is 0 Å². The van der Waals surface area contributed by atoms with Crippen molar-refractivity contribution >= 4 is 21.8 Å². The Hall–Kier alpha value is -1.08. The summed E-state index contributed by atoms with van der Waals surface area (Å²) < 4.78 is 11.6. The number of esters is 1. The van der Waals surface area contributed by atoms with Gasteiger partial charge in [0.15, 0.2) is 9.76 Å². The molecule has 0 spiro atoms. The molecule has 1 fully saturated rings. The summed E-state index contributed by atoms with van der Waals surface area (Å²) in [6.07, 6.45) is -0.321. The lowest BCUT2D eigenvalue weighted by atomic mass is 9.89. The van der Waals surface area contributed by atoms with Gasteiger partial charge in [-0.2, -0.15) is 0 Å². The highest BCUT2D eigenvalue weighted by Gasteiger charge is 2.44. The molecule has 1 heterocycles. The maximum absolute atomic E-state index is 12.0. The first-order valence-electron chi connectivity index (χ1n) is 8.94. The van der Waals surface area contributed by atoms with Crippen LogP contribution in [0.4, 0.5) is 4.79 Å². The van der Waals surface area contributed by atoms with Crippen molar-refractivity contribution in [2.24, 2.45) is 11.3 Å². The third kappa shape index (κ3) is 6.62. The van der Waals surface area contributed by atoms with Gasteiger partial charge in [-0.1, -0.05) is 20.8 Å². The van der Waals surface area contributed by atoms with E-state index >= 15 is 0 Å². The lowest BCUT2D eigenvalue weighted by Crippen LogP contribution is -2.40. The Morgan fingerprint density at radius 2 is 1.68 bits per heavy atom. The quantitative estimate of drug-likeness (QED) is 0.592. The lowest BCUT2D eigenvalue weighted by molar-refractivity contribution is -0.154. The molecule has 0 bridgehead atoms. The number of hydrogen-bond acceptors (Lipinski definition) is 4. The van der Waals surface area contributed by atoms with E-state index in [0.29, 0.717) is 13.0 Å². The minimum atomic E-state index is -0.969. The number of amides is 1. The van der Waals surface area contributed by atoms with Crippen molar-refractivity contribution in [3.63, 3.8) is 0 Å². The first kappa shape index (κ1) is 22.0. The minimum Gasteiger partial charge on any atom is -0.465 e. The van der Waals surface area contributed by atoms with E-state index in [0.717, 1.165) is 0 Å². The molecule has 25 heavy (non-hydrogen) atoms. The molecule has 1 aliphatic heterocycles. The maximum atomic E-state index is 12.0. The van der Waals surface area contributed by atoms with Gasteiger partial charge in [-0.25, -0.2) is 4.79 Å². The van der Waals surface area contributed by atoms with Crippen LogP contribution in [0.25, 0.3) is 0 Å². The Labute approximate surface area is 154 Å². The van der Waals surface area contributed by atoms with E-state index in [1.807, 2.05) is 13.8 Å². The van der Waals surface area contributed by atoms with Gasteiger partial charge in [0, 0.05) is 12.5 Å². The van der Waals surface area contributed by atoms with Crippen molar-refractivity contribution in [2.75, 3.05) is 13.2 Å². The summed E-state index contributed by atoms with van der Waals surface area (Å²) in [7, 11) is -0.736. The van der Waals surface area contributed by atoms with Crippen LogP contribution in [0, 0.1) is 11.3 Å². The largest absolute Gasteiger partial charge is 0.465 e. The summed E-state index contributed by atoms with van der Waals surface area (Å²) in [4.78, 5) is 25.0. The van der Waals surface area contributed by atoms with Crippen LogP contribution in [-0.2, 0) is 14.0 Å². The van der Waals surface area contributed by atoms with E-state index in [4.69, 9.17) is 9.16 Å². The van der Waals surface area contributed by atoms with Crippen LogP contribution >= 0.6 is 0 Å². The monoisotopic (exact) mass is 373 g/mol. The zero-order valence-electron chi connectivity index (χ0n) is 17.0. The number of nitrogens with zero attached hydrogens (tertiary/aromatic N) is 1. The number of carbonyl (C=O) groups excluding carboxylic acids is 1. The van der Waals surface area contributed by atoms with E-state index < -0.39 is 21.3 Å². The Balaban J connectivity index is 2.75. The molecule has 0 saturated carbocycles. The molecular formula is C18H35NO5Si. The summed E-state index contributed by atoms with van der Waals surface area (Å²) in [5, 5.41) is 9.69. The first-order valence-corrected chi connectivity index (χ1v) is 10.2. The number of carboxylic acid groups (broad SMARTS) is 1. The van der Waals surface area contributed by atoms with Crippen molar-refractivity contribution in [3.8, 4) is 0 Å². The number of ether oxygens (including phenoxy) is 1. The molecule has 146 valence electrons. The van der Waals surface area contributed by atoms with E-state index in [1.165, 1.54) is 4.90 Å². The van der Waals surface area contributed by atoms with Crippen LogP contribution in [0.3, 0.4) is 0 Å². The number of hydrogen-bond donors (Lipinski definition) is 1. The second kappa shape index (κ2) is 7.66. The smallest absolute Gasteiger partial charge is 0.407 e. The predicted molar refractivity (Wildman–Crippen MR) is 100 cm³/mol. The zero-order chi connectivity index (χ0) is 19.6. The molecule has 2 atom stereocenters. The molecule has 1 saturated heterocycles. The van der Waals surface area contributed by atoms with Gasteiger partial charge in [-0.3, -0.25) is 4.79 Å². The highest BCUT2D eigenvalue weighted by molar-refractivity contribution is 6.31. The highest BCUT2D eigenvalue weighted by Crippen LogP contribution is 2.36. The van der Waals surface area contributed by atoms with E-state index in [1.54, 1.807) is 20.8 Å². The molecule has 1 unspecified atom stereocenters. The number of likely N-dealkylation sites (tertiary alicyclic amines) is 1. The van der Waals surface area contributed by atoms with Crippen LogP contribution in [0.5, 0.6) is 0 Å². The lowest BCUT2D eigenvalue weighted by Gasteiger charge is -2.34. The fourth-order valence-electron chi connectivity index (χ4n) is 2.72. The van der Waals surface area contributed by atoms with Gasteiger partial charge >= 0.3 is 12.1 Å². The minimum absolute atomic E-state index is 0.0942. The predicted octanol–water partition coefficient (Wildman–Crippen LogP) is 3.04. The standard InChI is InChI=1S/C18H35NO5Si/c1-16(2,3)14(20)23-11-13-9-12(10-19(13)15(21)22)18(7,8)24-25-17(4,5)6/h12-13H,9-11,25H2,1-8H3,(H,21,22)/t12?,13-/m0/s1. The summed E-state index contributed by atoms with van der Waals surface area (Å²) in [6.45, 7) is 16.5. The molecule has 0 aromatic carbocycles. The summed E-state index contributed by atoms with van der Waals surface area (Å²) in [6, 6.07) is -0.312. The van der Waals surface area contributed by atoms with Crippen LogP contribution in [0.1, 0.15) is 61.8 Å². The first-order chi connectivity index (χ1) is 11.1. The van der Waals surface area contributed by atoms with E-state index in [9.17, 15) is 14.7 Å². The number of rotatable bonds is 5.